The van der Waals surface area contributed by atoms with Gasteiger partial charge in [0.15, 0.2) is 11.6 Å². The maximum absolute atomic E-state index is 13.2. The van der Waals surface area contributed by atoms with Gasteiger partial charge in [-0.1, -0.05) is 18.2 Å². The minimum Gasteiger partial charge on any atom is -0.367 e. The summed E-state index contributed by atoms with van der Waals surface area (Å²) in [5.74, 6) is -2.35. The first kappa shape index (κ1) is 15.5. The van der Waals surface area contributed by atoms with Crippen LogP contribution in [0.15, 0.2) is 48.5 Å². The SMILES string of the molecule is O=C(NC[C@H]1CCCN1c1ccccc1)c1ccc(F)c(F)c1. The number of nitrogens with one attached hydrogen (secondary N) is 1. The predicted molar refractivity (Wildman–Crippen MR) is 85.5 cm³/mol. The third kappa shape index (κ3) is 3.50. The quantitative estimate of drug-likeness (QED) is 0.938. The maximum Gasteiger partial charge on any atom is 0.251 e. The number of rotatable bonds is 4. The van der Waals surface area contributed by atoms with Crippen LogP contribution in [0, 0.1) is 11.6 Å². The lowest BCUT2D eigenvalue weighted by atomic mass is 10.1. The number of hydrogen-bond acceptors (Lipinski definition) is 2. The summed E-state index contributed by atoms with van der Waals surface area (Å²) in [4.78, 5) is 14.4. The van der Waals surface area contributed by atoms with Gasteiger partial charge in [-0.2, -0.15) is 0 Å². The molecule has 1 fully saturated rings. The predicted octanol–water partition coefficient (Wildman–Crippen LogP) is 3.36. The number of carbonyl (C=O) groups is 1. The lowest BCUT2D eigenvalue weighted by Gasteiger charge is -2.27. The molecule has 0 unspecified atom stereocenters. The van der Waals surface area contributed by atoms with Gasteiger partial charge >= 0.3 is 0 Å². The van der Waals surface area contributed by atoms with Crippen LogP contribution in [0.25, 0.3) is 0 Å². The first-order valence-corrected chi connectivity index (χ1v) is 7.70. The van der Waals surface area contributed by atoms with Crippen molar-refractivity contribution in [3.63, 3.8) is 0 Å². The van der Waals surface area contributed by atoms with Gasteiger partial charge < -0.3 is 10.2 Å². The molecule has 3 nitrogen and oxygen atoms in total. The Balaban J connectivity index is 1.63. The van der Waals surface area contributed by atoms with Gasteiger partial charge in [0, 0.05) is 30.4 Å². The molecule has 0 aromatic heterocycles. The molecule has 1 heterocycles. The smallest absolute Gasteiger partial charge is 0.251 e. The summed E-state index contributed by atoms with van der Waals surface area (Å²) in [6.07, 6.45) is 2.06. The molecule has 1 saturated heterocycles. The monoisotopic (exact) mass is 316 g/mol. The highest BCUT2D eigenvalue weighted by Crippen LogP contribution is 2.24. The van der Waals surface area contributed by atoms with Crippen LogP contribution in [0.3, 0.4) is 0 Å². The molecule has 0 radical (unpaired) electrons. The van der Waals surface area contributed by atoms with Crippen molar-refractivity contribution in [3.05, 3.63) is 65.7 Å². The fraction of sp³-hybridized carbons (Fsp3) is 0.278. The number of anilines is 1. The van der Waals surface area contributed by atoms with Gasteiger partial charge in [-0.15, -0.1) is 0 Å². The Morgan fingerprint density at radius 3 is 2.65 bits per heavy atom. The third-order valence-electron chi connectivity index (χ3n) is 4.15. The molecule has 1 aliphatic heterocycles. The molecule has 0 aliphatic carbocycles. The molecule has 0 bridgehead atoms. The van der Waals surface area contributed by atoms with Crippen molar-refractivity contribution < 1.29 is 13.6 Å². The number of benzene rings is 2. The van der Waals surface area contributed by atoms with Crippen LogP contribution in [-0.4, -0.2) is 25.0 Å². The highest BCUT2D eigenvalue weighted by Gasteiger charge is 2.25. The van der Waals surface area contributed by atoms with E-state index >= 15 is 0 Å². The van der Waals surface area contributed by atoms with E-state index in [1.165, 1.54) is 6.07 Å². The summed E-state index contributed by atoms with van der Waals surface area (Å²) in [6, 6.07) is 13.5. The number of nitrogens with zero attached hydrogens (tertiary/aromatic N) is 1. The summed E-state index contributed by atoms with van der Waals surface area (Å²) in [7, 11) is 0. The first-order chi connectivity index (χ1) is 11.1. The van der Waals surface area contributed by atoms with E-state index in [4.69, 9.17) is 0 Å². The zero-order valence-electron chi connectivity index (χ0n) is 12.6. The molecule has 2 aromatic rings. The second-order valence-corrected chi connectivity index (χ2v) is 5.66. The van der Waals surface area contributed by atoms with Gasteiger partial charge in [-0.25, -0.2) is 8.78 Å². The van der Waals surface area contributed by atoms with E-state index in [0.29, 0.717) is 6.54 Å². The summed E-state index contributed by atoms with van der Waals surface area (Å²) in [5, 5.41) is 2.82. The summed E-state index contributed by atoms with van der Waals surface area (Å²) in [5.41, 5.74) is 1.27. The number of carbonyl (C=O) groups excluding carboxylic acids is 1. The third-order valence-corrected chi connectivity index (χ3v) is 4.15. The normalized spacial score (nSPS) is 17.3. The van der Waals surface area contributed by atoms with E-state index in [1.54, 1.807) is 0 Å². The van der Waals surface area contributed by atoms with Gasteiger partial charge in [0.05, 0.1) is 0 Å². The topological polar surface area (TPSA) is 32.3 Å². The number of para-hydroxylation sites is 1. The highest BCUT2D eigenvalue weighted by atomic mass is 19.2. The minimum absolute atomic E-state index is 0.133. The van der Waals surface area contributed by atoms with E-state index in [2.05, 4.69) is 22.3 Å². The molecule has 2 aromatic carbocycles. The molecule has 1 N–H and O–H groups in total. The molecule has 5 heteroatoms. The average Bonchev–Trinajstić information content (AvgIpc) is 3.04. The Bertz CT molecular complexity index is 691. The zero-order chi connectivity index (χ0) is 16.2. The van der Waals surface area contributed by atoms with E-state index in [0.717, 1.165) is 37.2 Å². The molecule has 1 aliphatic rings. The second kappa shape index (κ2) is 6.77. The van der Waals surface area contributed by atoms with Crippen LogP contribution < -0.4 is 10.2 Å². The van der Waals surface area contributed by atoms with Crippen molar-refractivity contribution in [2.75, 3.05) is 18.0 Å². The molecule has 1 amide bonds. The fourth-order valence-electron chi connectivity index (χ4n) is 2.96. The Hall–Kier alpha value is -2.43. The fourth-order valence-corrected chi connectivity index (χ4v) is 2.96. The Labute approximate surface area is 133 Å². The molecule has 0 spiro atoms. The van der Waals surface area contributed by atoms with E-state index in [-0.39, 0.29) is 17.5 Å². The van der Waals surface area contributed by atoms with Crippen molar-refractivity contribution >= 4 is 11.6 Å². The molecule has 0 saturated carbocycles. The molecular formula is C18H18F2N2O. The van der Waals surface area contributed by atoms with Crippen LogP contribution >= 0.6 is 0 Å². The first-order valence-electron chi connectivity index (χ1n) is 7.70. The lowest BCUT2D eigenvalue weighted by molar-refractivity contribution is 0.0951. The van der Waals surface area contributed by atoms with E-state index < -0.39 is 11.6 Å². The highest BCUT2D eigenvalue weighted by molar-refractivity contribution is 5.94. The van der Waals surface area contributed by atoms with Crippen molar-refractivity contribution in [1.29, 1.82) is 0 Å². The van der Waals surface area contributed by atoms with Gasteiger partial charge in [0.1, 0.15) is 0 Å². The van der Waals surface area contributed by atoms with Gasteiger partial charge in [0.2, 0.25) is 0 Å². The number of halogens is 2. The number of amides is 1. The van der Waals surface area contributed by atoms with Crippen molar-refractivity contribution in [1.82, 2.24) is 5.32 Å². The van der Waals surface area contributed by atoms with Crippen LogP contribution in [-0.2, 0) is 0 Å². The summed E-state index contributed by atoms with van der Waals surface area (Å²) in [6.45, 7) is 1.43. The van der Waals surface area contributed by atoms with E-state index in [1.807, 2.05) is 18.2 Å². The molecule has 3 rings (SSSR count). The van der Waals surface area contributed by atoms with Gasteiger partial charge in [-0.3, -0.25) is 4.79 Å². The van der Waals surface area contributed by atoms with Crippen LogP contribution in [0.2, 0.25) is 0 Å². The van der Waals surface area contributed by atoms with Gasteiger partial charge in [0.25, 0.3) is 5.91 Å². The van der Waals surface area contributed by atoms with Crippen LogP contribution in [0.5, 0.6) is 0 Å². The Morgan fingerprint density at radius 2 is 1.91 bits per heavy atom. The molecule has 1 atom stereocenters. The van der Waals surface area contributed by atoms with Crippen molar-refractivity contribution in [2.24, 2.45) is 0 Å². The minimum atomic E-state index is -1.01. The summed E-state index contributed by atoms with van der Waals surface area (Å²) < 4.78 is 26.1. The average molecular weight is 316 g/mol. The van der Waals surface area contributed by atoms with Crippen molar-refractivity contribution in [3.8, 4) is 0 Å². The summed E-state index contributed by atoms with van der Waals surface area (Å²) >= 11 is 0. The van der Waals surface area contributed by atoms with Gasteiger partial charge in [-0.05, 0) is 43.2 Å². The maximum atomic E-state index is 13.2. The lowest BCUT2D eigenvalue weighted by Crippen LogP contribution is -2.40. The molecule has 23 heavy (non-hydrogen) atoms. The Morgan fingerprint density at radius 1 is 1.13 bits per heavy atom. The van der Waals surface area contributed by atoms with Crippen molar-refractivity contribution in [2.45, 2.75) is 18.9 Å². The second-order valence-electron chi connectivity index (χ2n) is 5.66. The zero-order valence-corrected chi connectivity index (χ0v) is 12.6. The molecular weight excluding hydrogens is 298 g/mol. The molecule has 120 valence electrons. The standard InChI is InChI=1S/C18H18F2N2O/c19-16-9-8-13(11-17(16)20)18(23)21-12-15-7-4-10-22(15)14-5-2-1-3-6-14/h1-3,5-6,8-9,11,15H,4,7,10,12H2,(H,21,23)/t15-/m1/s1. The van der Waals surface area contributed by atoms with Crippen LogP contribution in [0.4, 0.5) is 14.5 Å². The van der Waals surface area contributed by atoms with Crippen LogP contribution in [0.1, 0.15) is 23.2 Å². The number of hydrogen-bond donors (Lipinski definition) is 1. The Kier molecular flexibility index (Phi) is 4.55. The largest absolute Gasteiger partial charge is 0.367 e. The van der Waals surface area contributed by atoms with E-state index in [9.17, 15) is 13.6 Å².